The van der Waals surface area contributed by atoms with Crippen LogP contribution in [0.5, 0.6) is 0 Å². The summed E-state index contributed by atoms with van der Waals surface area (Å²) in [6.07, 6.45) is 2.81. The Bertz CT molecular complexity index is 1110. The SMILES string of the molecule is CC(C)OC(=O)N1CCC(c2nc(C3CCN(c4ccc(S(C)(=O)=O)cc4F)C3)no2)CC1. The van der Waals surface area contributed by atoms with Crippen LogP contribution in [0.3, 0.4) is 0 Å². The maximum absolute atomic E-state index is 14.6. The van der Waals surface area contributed by atoms with Gasteiger partial charge in [-0.15, -0.1) is 0 Å². The summed E-state index contributed by atoms with van der Waals surface area (Å²) in [5, 5.41) is 4.17. The van der Waals surface area contributed by atoms with Crippen molar-refractivity contribution in [3.63, 3.8) is 0 Å². The van der Waals surface area contributed by atoms with Crippen LogP contribution in [-0.4, -0.2) is 68.1 Å². The van der Waals surface area contributed by atoms with Crippen molar-refractivity contribution < 1.29 is 26.9 Å². The summed E-state index contributed by atoms with van der Waals surface area (Å²) in [6, 6.07) is 4.00. The standard InChI is InChI=1S/C22H29FN4O5S/c1-14(2)31-22(28)26-9-6-15(7-10-26)21-24-20(25-32-21)16-8-11-27(13-16)19-5-4-17(12-18(19)23)33(3,29)30/h4-5,12,14-16H,6-11,13H2,1-3H3. The number of rotatable bonds is 5. The highest BCUT2D eigenvalue weighted by Crippen LogP contribution is 2.33. The van der Waals surface area contributed by atoms with E-state index in [0.29, 0.717) is 43.6 Å². The number of anilines is 1. The van der Waals surface area contributed by atoms with Crippen LogP contribution in [0, 0.1) is 5.82 Å². The number of likely N-dealkylation sites (tertiary alicyclic amines) is 1. The highest BCUT2D eigenvalue weighted by molar-refractivity contribution is 7.90. The molecule has 2 aromatic rings. The second kappa shape index (κ2) is 9.28. The van der Waals surface area contributed by atoms with Crippen LogP contribution >= 0.6 is 0 Å². The summed E-state index contributed by atoms with van der Waals surface area (Å²) in [4.78, 5) is 20.2. The van der Waals surface area contributed by atoms with E-state index in [2.05, 4.69) is 10.1 Å². The molecule has 4 rings (SSSR count). The normalized spacial score (nSPS) is 20.0. The maximum Gasteiger partial charge on any atom is 0.410 e. The number of halogens is 1. The average molecular weight is 481 g/mol. The fourth-order valence-electron chi connectivity index (χ4n) is 4.33. The molecule has 3 heterocycles. The highest BCUT2D eigenvalue weighted by Gasteiger charge is 2.32. The average Bonchev–Trinajstić information content (AvgIpc) is 3.42. The minimum absolute atomic E-state index is 0.00223. The van der Waals surface area contributed by atoms with Gasteiger partial charge in [0, 0.05) is 44.3 Å². The van der Waals surface area contributed by atoms with Crippen LogP contribution in [0.25, 0.3) is 0 Å². The van der Waals surface area contributed by atoms with Gasteiger partial charge in [-0.25, -0.2) is 17.6 Å². The molecular weight excluding hydrogens is 451 g/mol. The molecule has 1 amide bonds. The van der Waals surface area contributed by atoms with E-state index < -0.39 is 15.7 Å². The van der Waals surface area contributed by atoms with Crippen molar-refractivity contribution in [1.82, 2.24) is 15.0 Å². The number of sulfone groups is 1. The van der Waals surface area contributed by atoms with Gasteiger partial charge < -0.3 is 19.1 Å². The quantitative estimate of drug-likeness (QED) is 0.642. The van der Waals surface area contributed by atoms with E-state index in [4.69, 9.17) is 9.26 Å². The van der Waals surface area contributed by atoms with Crippen molar-refractivity contribution >= 4 is 21.6 Å². The van der Waals surface area contributed by atoms with Crippen molar-refractivity contribution in [3.8, 4) is 0 Å². The Morgan fingerprint density at radius 1 is 1.18 bits per heavy atom. The first-order valence-electron chi connectivity index (χ1n) is 11.2. The number of ether oxygens (including phenoxy) is 1. The second-order valence-electron chi connectivity index (χ2n) is 9.00. The van der Waals surface area contributed by atoms with Crippen LogP contribution in [0.15, 0.2) is 27.6 Å². The van der Waals surface area contributed by atoms with Gasteiger partial charge in [-0.05, 0) is 51.3 Å². The van der Waals surface area contributed by atoms with E-state index in [0.717, 1.165) is 31.6 Å². The summed E-state index contributed by atoms with van der Waals surface area (Å²) >= 11 is 0. The van der Waals surface area contributed by atoms with Crippen LogP contribution in [-0.2, 0) is 14.6 Å². The van der Waals surface area contributed by atoms with Gasteiger partial charge in [0.05, 0.1) is 16.7 Å². The van der Waals surface area contributed by atoms with Crippen molar-refractivity contribution in [3.05, 3.63) is 35.7 Å². The molecule has 9 nitrogen and oxygen atoms in total. The Morgan fingerprint density at radius 2 is 1.88 bits per heavy atom. The van der Waals surface area contributed by atoms with Crippen molar-refractivity contribution in [2.24, 2.45) is 0 Å². The Hall–Kier alpha value is -2.69. The van der Waals surface area contributed by atoms with Crippen LogP contribution in [0.1, 0.15) is 56.7 Å². The number of hydrogen-bond acceptors (Lipinski definition) is 8. The molecule has 2 saturated heterocycles. The predicted octanol–water partition coefficient (Wildman–Crippen LogP) is 3.33. The van der Waals surface area contributed by atoms with Gasteiger partial charge >= 0.3 is 6.09 Å². The van der Waals surface area contributed by atoms with E-state index in [1.54, 1.807) is 4.90 Å². The number of amides is 1. The van der Waals surface area contributed by atoms with E-state index in [-0.39, 0.29) is 28.9 Å². The fraction of sp³-hybridized carbons (Fsp3) is 0.591. The van der Waals surface area contributed by atoms with Gasteiger partial charge in [0.25, 0.3) is 0 Å². The molecule has 0 radical (unpaired) electrons. The molecule has 33 heavy (non-hydrogen) atoms. The third kappa shape index (κ3) is 5.29. The number of hydrogen-bond donors (Lipinski definition) is 0. The third-order valence-electron chi connectivity index (χ3n) is 6.14. The van der Waals surface area contributed by atoms with Crippen molar-refractivity contribution in [2.45, 2.75) is 55.9 Å². The molecule has 2 aliphatic heterocycles. The lowest BCUT2D eigenvalue weighted by Gasteiger charge is -2.30. The van der Waals surface area contributed by atoms with Gasteiger partial charge in [0.2, 0.25) is 5.89 Å². The Balaban J connectivity index is 1.36. The highest BCUT2D eigenvalue weighted by atomic mass is 32.2. The van der Waals surface area contributed by atoms with Gasteiger partial charge in [-0.1, -0.05) is 5.16 Å². The summed E-state index contributed by atoms with van der Waals surface area (Å²) in [5.41, 5.74) is 0.370. The Morgan fingerprint density at radius 3 is 2.52 bits per heavy atom. The largest absolute Gasteiger partial charge is 0.447 e. The molecule has 0 saturated carbocycles. The Kier molecular flexibility index (Phi) is 6.60. The molecule has 0 bridgehead atoms. The first-order valence-corrected chi connectivity index (χ1v) is 13.0. The number of nitrogens with zero attached hydrogens (tertiary/aromatic N) is 4. The fourth-order valence-corrected chi connectivity index (χ4v) is 4.96. The molecule has 1 aromatic carbocycles. The lowest BCUT2D eigenvalue weighted by Crippen LogP contribution is -2.39. The molecule has 11 heteroatoms. The molecule has 0 N–H and O–H groups in total. The molecular formula is C22H29FN4O5S. The number of aromatic nitrogens is 2. The Labute approximate surface area is 192 Å². The van der Waals surface area contributed by atoms with Crippen LogP contribution in [0.4, 0.5) is 14.9 Å². The molecule has 0 aliphatic carbocycles. The molecule has 1 atom stereocenters. The van der Waals surface area contributed by atoms with E-state index >= 15 is 0 Å². The van der Waals surface area contributed by atoms with E-state index in [9.17, 15) is 17.6 Å². The van der Waals surface area contributed by atoms with Crippen molar-refractivity contribution in [2.75, 3.05) is 37.3 Å². The topological polar surface area (TPSA) is 106 Å². The molecule has 2 fully saturated rings. The summed E-state index contributed by atoms with van der Waals surface area (Å²) in [5.74, 6) is 0.701. The first kappa shape index (κ1) is 23.5. The molecule has 1 aromatic heterocycles. The van der Waals surface area contributed by atoms with Crippen molar-refractivity contribution in [1.29, 1.82) is 0 Å². The molecule has 2 aliphatic rings. The van der Waals surface area contributed by atoms with Crippen LogP contribution in [0.2, 0.25) is 0 Å². The smallest absolute Gasteiger partial charge is 0.410 e. The number of carbonyl (C=O) groups excluding carboxylic acids is 1. The predicted molar refractivity (Wildman–Crippen MR) is 119 cm³/mol. The third-order valence-corrected chi connectivity index (χ3v) is 7.25. The summed E-state index contributed by atoms with van der Waals surface area (Å²) in [7, 11) is -3.46. The van der Waals surface area contributed by atoms with E-state index in [1.165, 1.54) is 12.1 Å². The lowest BCUT2D eigenvalue weighted by molar-refractivity contribution is 0.0677. The van der Waals surface area contributed by atoms with Crippen LogP contribution < -0.4 is 4.90 Å². The van der Waals surface area contributed by atoms with Gasteiger partial charge in [0.15, 0.2) is 15.7 Å². The van der Waals surface area contributed by atoms with E-state index in [1.807, 2.05) is 18.7 Å². The zero-order valence-electron chi connectivity index (χ0n) is 19.0. The minimum Gasteiger partial charge on any atom is -0.447 e. The number of benzene rings is 1. The number of carbonyl (C=O) groups is 1. The maximum atomic E-state index is 14.6. The van der Waals surface area contributed by atoms with Gasteiger partial charge in [-0.2, -0.15) is 4.98 Å². The second-order valence-corrected chi connectivity index (χ2v) is 11.0. The first-order chi connectivity index (χ1) is 15.6. The summed E-state index contributed by atoms with van der Waals surface area (Å²) < 4.78 is 48.7. The zero-order valence-corrected chi connectivity index (χ0v) is 19.8. The minimum atomic E-state index is -3.46. The molecule has 0 spiro atoms. The van der Waals surface area contributed by atoms with Gasteiger partial charge in [0.1, 0.15) is 5.82 Å². The zero-order chi connectivity index (χ0) is 23.8. The monoisotopic (exact) mass is 480 g/mol. The van der Waals surface area contributed by atoms with Gasteiger partial charge in [-0.3, -0.25) is 0 Å². The molecule has 1 unspecified atom stereocenters. The number of piperidine rings is 1. The lowest BCUT2D eigenvalue weighted by atomic mass is 9.97. The summed E-state index contributed by atoms with van der Waals surface area (Å²) in [6.45, 7) is 5.94. The molecule has 180 valence electrons.